The van der Waals surface area contributed by atoms with E-state index in [-0.39, 0.29) is 18.1 Å². The number of amides is 3. The second-order valence-corrected chi connectivity index (χ2v) is 8.51. The van der Waals surface area contributed by atoms with Gasteiger partial charge in [-0.25, -0.2) is 4.79 Å². The van der Waals surface area contributed by atoms with Gasteiger partial charge in [-0.3, -0.25) is 14.4 Å². The molecular formula is C22H34N4O7. The van der Waals surface area contributed by atoms with E-state index in [4.69, 9.17) is 5.73 Å². The maximum Gasteiger partial charge on any atom is 0.326 e. The normalized spacial score (nSPS) is 14.8. The number of aromatic hydroxyl groups is 1. The van der Waals surface area contributed by atoms with Crippen molar-refractivity contribution in [1.29, 1.82) is 0 Å². The number of carbonyl (C=O) groups excluding carboxylic acids is 3. The van der Waals surface area contributed by atoms with Crippen molar-refractivity contribution in [2.45, 2.75) is 58.3 Å². The number of benzene rings is 1. The molecule has 0 saturated heterocycles. The number of hydrogen-bond donors (Lipinski definition) is 7. The second kappa shape index (κ2) is 12.8. The lowest BCUT2D eigenvalue weighted by atomic mass is 10.0. The smallest absolute Gasteiger partial charge is 0.326 e. The topological polar surface area (TPSA) is 191 Å². The lowest BCUT2D eigenvalue weighted by Crippen LogP contribution is -2.59. The maximum absolute atomic E-state index is 12.9. The molecule has 4 unspecified atom stereocenters. The summed E-state index contributed by atoms with van der Waals surface area (Å²) in [4.78, 5) is 49.3. The summed E-state index contributed by atoms with van der Waals surface area (Å²) in [5.74, 6) is -4.05. The number of carboxylic acid groups (broad SMARTS) is 1. The first-order chi connectivity index (χ1) is 15.4. The molecule has 4 atom stereocenters. The number of aliphatic hydroxyl groups excluding tert-OH is 1. The second-order valence-electron chi connectivity index (χ2n) is 8.51. The van der Waals surface area contributed by atoms with Crippen molar-refractivity contribution >= 4 is 23.7 Å². The molecule has 0 spiro atoms. The number of carbonyl (C=O) groups is 4. The van der Waals surface area contributed by atoms with Crippen LogP contribution in [0.4, 0.5) is 0 Å². The molecular weight excluding hydrogens is 432 g/mol. The number of aliphatic hydroxyl groups is 1. The SMILES string of the molecule is CC(C)C(N)C(=O)NC(Cc1ccc(O)cc1)C(=O)NC(CO)C(=O)NC(C(=O)O)C(C)C. The molecule has 3 amide bonds. The Morgan fingerprint density at radius 2 is 1.36 bits per heavy atom. The number of rotatable bonds is 12. The molecule has 0 aliphatic rings. The number of phenols is 1. The highest BCUT2D eigenvalue weighted by molar-refractivity contribution is 5.94. The van der Waals surface area contributed by atoms with Gasteiger partial charge in [0.1, 0.15) is 23.9 Å². The van der Waals surface area contributed by atoms with Crippen LogP contribution in [0.15, 0.2) is 24.3 Å². The van der Waals surface area contributed by atoms with Crippen LogP contribution in [0.3, 0.4) is 0 Å². The van der Waals surface area contributed by atoms with Gasteiger partial charge in [0.05, 0.1) is 12.6 Å². The molecule has 8 N–H and O–H groups in total. The summed E-state index contributed by atoms with van der Waals surface area (Å²) in [5, 5.41) is 35.5. The van der Waals surface area contributed by atoms with Gasteiger partial charge < -0.3 is 37.0 Å². The Labute approximate surface area is 192 Å². The van der Waals surface area contributed by atoms with Crippen molar-refractivity contribution in [1.82, 2.24) is 16.0 Å². The quantitative estimate of drug-likeness (QED) is 0.206. The van der Waals surface area contributed by atoms with E-state index < -0.39 is 60.4 Å². The molecule has 0 saturated carbocycles. The third-order valence-corrected chi connectivity index (χ3v) is 5.08. The van der Waals surface area contributed by atoms with E-state index in [0.717, 1.165) is 0 Å². The van der Waals surface area contributed by atoms with Gasteiger partial charge in [0.2, 0.25) is 17.7 Å². The van der Waals surface area contributed by atoms with Gasteiger partial charge in [-0.2, -0.15) is 0 Å². The minimum Gasteiger partial charge on any atom is -0.508 e. The number of carboxylic acids is 1. The average molecular weight is 467 g/mol. The highest BCUT2D eigenvalue weighted by Crippen LogP contribution is 2.12. The first-order valence-electron chi connectivity index (χ1n) is 10.7. The molecule has 11 heteroatoms. The molecule has 33 heavy (non-hydrogen) atoms. The van der Waals surface area contributed by atoms with E-state index in [1.165, 1.54) is 12.1 Å². The van der Waals surface area contributed by atoms with Crippen LogP contribution in [0.25, 0.3) is 0 Å². The number of phenolic OH excluding ortho intramolecular Hbond substituents is 1. The van der Waals surface area contributed by atoms with Crippen LogP contribution in [0.5, 0.6) is 5.75 Å². The largest absolute Gasteiger partial charge is 0.508 e. The average Bonchev–Trinajstić information content (AvgIpc) is 2.75. The molecule has 0 radical (unpaired) electrons. The Hall–Kier alpha value is -3.18. The first-order valence-corrected chi connectivity index (χ1v) is 10.7. The summed E-state index contributed by atoms with van der Waals surface area (Å²) < 4.78 is 0. The van der Waals surface area contributed by atoms with Crippen molar-refractivity contribution in [3.63, 3.8) is 0 Å². The van der Waals surface area contributed by atoms with Crippen LogP contribution in [0.1, 0.15) is 33.3 Å². The van der Waals surface area contributed by atoms with Crippen LogP contribution < -0.4 is 21.7 Å². The Balaban J connectivity index is 3.03. The number of nitrogens with two attached hydrogens (primary N) is 1. The highest BCUT2D eigenvalue weighted by Gasteiger charge is 2.31. The zero-order valence-corrected chi connectivity index (χ0v) is 19.2. The first kappa shape index (κ1) is 27.9. The molecule has 0 aliphatic heterocycles. The van der Waals surface area contributed by atoms with Crippen LogP contribution in [0.2, 0.25) is 0 Å². The molecule has 1 aromatic rings. The van der Waals surface area contributed by atoms with Crippen molar-refractivity contribution in [3.8, 4) is 5.75 Å². The fraction of sp³-hybridized carbons (Fsp3) is 0.545. The molecule has 0 fully saturated rings. The Morgan fingerprint density at radius 1 is 0.848 bits per heavy atom. The third kappa shape index (κ3) is 8.70. The van der Waals surface area contributed by atoms with Gasteiger partial charge >= 0.3 is 5.97 Å². The van der Waals surface area contributed by atoms with Crippen LogP contribution in [-0.4, -0.2) is 69.8 Å². The summed E-state index contributed by atoms with van der Waals surface area (Å²) >= 11 is 0. The molecule has 1 aromatic carbocycles. The highest BCUT2D eigenvalue weighted by atomic mass is 16.4. The summed E-state index contributed by atoms with van der Waals surface area (Å²) in [7, 11) is 0. The van der Waals surface area contributed by atoms with Crippen molar-refractivity contribution in [3.05, 3.63) is 29.8 Å². The predicted octanol–water partition coefficient (Wildman–Crippen LogP) is -0.895. The molecule has 11 nitrogen and oxygen atoms in total. The van der Waals surface area contributed by atoms with Crippen LogP contribution >= 0.6 is 0 Å². The third-order valence-electron chi connectivity index (χ3n) is 5.08. The molecule has 0 heterocycles. The van der Waals surface area contributed by atoms with Gasteiger partial charge in [0.15, 0.2) is 0 Å². The van der Waals surface area contributed by atoms with E-state index >= 15 is 0 Å². The van der Waals surface area contributed by atoms with Crippen LogP contribution in [-0.2, 0) is 25.6 Å². The minimum atomic E-state index is -1.43. The Morgan fingerprint density at radius 3 is 1.82 bits per heavy atom. The van der Waals surface area contributed by atoms with E-state index in [0.29, 0.717) is 5.56 Å². The van der Waals surface area contributed by atoms with Gasteiger partial charge in [-0.05, 0) is 29.5 Å². The summed E-state index contributed by atoms with van der Waals surface area (Å²) in [5.41, 5.74) is 6.49. The molecule has 1 rings (SSSR count). The lowest BCUT2D eigenvalue weighted by molar-refractivity contribution is -0.143. The maximum atomic E-state index is 12.9. The van der Waals surface area contributed by atoms with Gasteiger partial charge in [-0.1, -0.05) is 39.8 Å². The molecule has 184 valence electrons. The number of hydrogen-bond acceptors (Lipinski definition) is 7. The van der Waals surface area contributed by atoms with E-state index in [1.807, 2.05) is 0 Å². The standard InChI is InChI=1S/C22H34N4O7/c1-11(2)17(23)21(31)24-15(9-13-5-7-14(28)8-6-13)19(29)25-16(10-27)20(30)26-18(12(3)4)22(32)33/h5-8,11-12,15-18,27-28H,9-10,23H2,1-4H3,(H,24,31)(H,25,29)(H,26,30)(H,32,33). The zero-order chi connectivity index (χ0) is 25.3. The number of nitrogens with one attached hydrogen (secondary N) is 3. The molecule has 0 bridgehead atoms. The zero-order valence-electron chi connectivity index (χ0n) is 19.2. The summed E-state index contributed by atoms with van der Waals surface area (Å²) in [6.07, 6.45) is 0.0200. The van der Waals surface area contributed by atoms with Crippen molar-refractivity contribution < 1.29 is 34.5 Å². The van der Waals surface area contributed by atoms with Gasteiger partial charge in [0, 0.05) is 6.42 Å². The van der Waals surface area contributed by atoms with E-state index in [1.54, 1.807) is 39.8 Å². The fourth-order valence-electron chi connectivity index (χ4n) is 2.88. The van der Waals surface area contributed by atoms with Crippen molar-refractivity contribution in [2.24, 2.45) is 17.6 Å². The summed E-state index contributed by atoms with van der Waals surface area (Å²) in [6, 6.07) is 1.33. The number of aliphatic carboxylic acids is 1. The fourth-order valence-corrected chi connectivity index (χ4v) is 2.88. The van der Waals surface area contributed by atoms with Gasteiger partial charge in [0.25, 0.3) is 0 Å². The van der Waals surface area contributed by atoms with Gasteiger partial charge in [-0.15, -0.1) is 0 Å². The monoisotopic (exact) mass is 466 g/mol. The lowest BCUT2D eigenvalue weighted by Gasteiger charge is -2.25. The van der Waals surface area contributed by atoms with Crippen molar-refractivity contribution in [2.75, 3.05) is 6.61 Å². The predicted molar refractivity (Wildman–Crippen MR) is 120 cm³/mol. The van der Waals surface area contributed by atoms with Crippen LogP contribution in [0, 0.1) is 11.8 Å². The van der Waals surface area contributed by atoms with E-state index in [2.05, 4.69) is 16.0 Å². The summed E-state index contributed by atoms with van der Waals surface area (Å²) in [6.45, 7) is 5.92. The molecule has 0 aromatic heterocycles. The Kier molecular flexibility index (Phi) is 10.8. The van der Waals surface area contributed by atoms with E-state index in [9.17, 15) is 34.5 Å². The Bertz CT molecular complexity index is 827. The minimum absolute atomic E-state index is 0.0200. The molecule has 0 aliphatic carbocycles.